The van der Waals surface area contributed by atoms with Gasteiger partial charge in [-0.3, -0.25) is 0 Å². The maximum Gasteiger partial charge on any atom is 0.416 e. The second-order valence-corrected chi connectivity index (χ2v) is 4.51. The summed E-state index contributed by atoms with van der Waals surface area (Å²) in [6, 6.07) is 1.11. The van der Waals surface area contributed by atoms with Gasteiger partial charge in [0.1, 0.15) is 5.60 Å². The average Bonchev–Trinajstić information content (AvgIpc) is 2.25. The van der Waals surface area contributed by atoms with Crippen LogP contribution in [0.3, 0.4) is 0 Å². The van der Waals surface area contributed by atoms with E-state index in [2.05, 4.69) is 0 Å². The van der Waals surface area contributed by atoms with Crippen molar-refractivity contribution < 1.29 is 31.4 Å². The molecule has 1 rings (SSSR count). The highest BCUT2D eigenvalue weighted by atomic mass is 19.4. The highest BCUT2D eigenvalue weighted by Gasteiger charge is 2.37. The Balaban J connectivity index is 3.36. The lowest BCUT2D eigenvalue weighted by Crippen LogP contribution is -2.25. The van der Waals surface area contributed by atoms with Crippen molar-refractivity contribution in [3.05, 3.63) is 34.9 Å². The smallest absolute Gasteiger partial charge is 0.378 e. The van der Waals surface area contributed by atoms with Crippen LogP contribution in [0.4, 0.5) is 26.3 Å². The van der Waals surface area contributed by atoms with Gasteiger partial charge in [0, 0.05) is 6.42 Å². The van der Waals surface area contributed by atoms with Crippen molar-refractivity contribution in [2.75, 3.05) is 0 Å². The molecule has 1 unspecified atom stereocenters. The standard InChI is InChI=1S/C13H10F6O/c1-3-11(2,20)7-8-4-9(12(14,15)16)6-10(5-8)13(17,18)19/h1,4-6,20H,7H2,2H3. The van der Waals surface area contributed by atoms with Crippen molar-refractivity contribution in [2.45, 2.75) is 31.3 Å². The molecule has 0 aliphatic heterocycles. The van der Waals surface area contributed by atoms with E-state index < -0.39 is 35.5 Å². The predicted molar refractivity (Wildman–Crippen MR) is 59.6 cm³/mol. The molecule has 1 atom stereocenters. The van der Waals surface area contributed by atoms with Crippen molar-refractivity contribution >= 4 is 0 Å². The number of terminal acetylenes is 1. The highest BCUT2D eigenvalue weighted by Crippen LogP contribution is 2.36. The Morgan fingerprint density at radius 1 is 1.00 bits per heavy atom. The van der Waals surface area contributed by atoms with Gasteiger partial charge < -0.3 is 5.11 Å². The molecule has 1 N–H and O–H groups in total. The van der Waals surface area contributed by atoms with Gasteiger partial charge in [-0.2, -0.15) is 26.3 Å². The molecule has 0 heterocycles. The number of benzene rings is 1. The van der Waals surface area contributed by atoms with Crippen LogP contribution in [0.5, 0.6) is 0 Å². The zero-order chi connectivity index (χ0) is 15.8. The van der Waals surface area contributed by atoms with E-state index >= 15 is 0 Å². The van der Waals surface area contributed by atoms with E-state index in [0.29, 0.717) is 12.1 Å². The van der Waals surface area contributed by atoms with E-state index in [9.17, 15) is 31.4 Å². The summed E-state index contributed by atoms with van der Waals surface area (Å²) in [5, 5.41) is 9.57. The molecular formula is C13H10F6O. The molecule has 7 heteroatoms. The third-order valence-corrected chi connectivity index (χ3v) is 2.51. The fourth-order valence-electron chi connectivity index (χ4n) is 1.57. The lowest BCUT2D eigenvalue weighted by Gasteiger charge is -2.19. The van der Waals surface area contributed by atoms with Gasteiger partial charge >= 0.3 is 12.4 Å². The lowest BCUT2D eigenvalue weighted by atomic mass is 9.94. The van der Waals surface area contributed by atoms with Crippen molar-refractivity contribution in [1.29, 1.82) is 0 Å². The van der Waals surface area contributed by atoms with Crippen molar-refractivity contribution in [3.8, 4) is 12.3 Å². The largest absolute Gasteiger partial charge is 0.416 e. The molecule has 0 aliphatic rings. The number of rotatable bonds is 2. The summed E-state index contributed by atoms with van der Waals surface area (Å²) in [6.07, 6.45) is -5.40. The molecule has 0 saturated heterocycles. The van der Waals surface area contributed by atoms with Gasteiger partial charge in [-0.25, -0.2) is 0 Å². The van der Waals surface area contributed by atoms with Crippen LogP contribution in [0, 0.1) is 12.3 Å². The molecule has 1 aromatic rings. The molecule has 0 radical (unpaired) electrons. The van der Waals surface area contributed by atoms with E-state index in [1.807, 2.05) is 5.92 Å². The molecule has 0 amide bonds. The normalized spacial score (nSPS) is 15.6. The molecule has 20 heavy (non-hydrogen) atoms. The minimum atomic E-state index is -4.92. The van der Waals surface area contributed by atoms with Gasteiger partial charge in [0.2, 0.25) is 0 Å². The molecule has 0 aromatic heterocycles. The minimum Gasteiger partial charge on any atom is -0.378 e. The Bertz CT molecular complexity index is 501. The van der Waals surface area contributed by atoms with E-state index in [1.54, 1.807) is 0 Å². The molecule has 0 bridgehead atoms. The number of halogens is 6. The van der Waals surface area contributed by atoms with E-state index in [4.69, 9.17) is 6.42 Å². The van der Waals surface area contributed by atoms with Gasteiger partial charge in [0.15, 0.2) is 0 Å². The Morgan fingerprint density at radius 3 is 1.70 bits per heavy atom. The number of hydrogen-bond donors (Lipinski definition) is 1. The highest BCUT2D eigenvalue weighted by molar-refractivity contribution is 5.35. The molecular weight excluding hydrogens is 286 g/mol. The Morgan fingerprint density at radius 2 is 1.40 bits per heavy atom. The summed E-state index contributed by atoms with van der Waals surface area (Å²) in [7, 11) is 0. The number of aliphatic hydroxyl groups is 1. The summed E-state index contributed by atoms with van der Waals surface area (Å²) < 4.78 is 75.5. The van der Waals surface area contributed by atoms with Crippen LogP contribution in [0.15, 0.2) is 18.2 Å². The van der Waals surface area contributed by atoms with Crippen LogP contribution in [0.25, 0.3) is 0 Å². The summed E-state index contributed by atoms with van der Waals surface area (Å²) in [5.41, 5.74) is -5.03. The Hall–Kier alpha value is -1.68. The fraction of sp³-hybridized carbons (Fsp3) is 0.385. The van der Waals surface area contributed by atoms with Gasteiger partial charge in [-0.1, -0.05) is 5.92 Å². The first-order valence-electron chi connectivity index (χ1n) is 5.34. The van der Waals surface area contributed by atoms with Crippen LogP contribution < -0.4 is 0 Å². The third kappa shape index (κ3) is 4.17. The van der Waals surface area contributed by atoms with Crippen LogP contribution in [-0.2, 0) is 18.8 Å². The Labute approximate surface area is 111 Å². The lowest BCUT2D eigenvalue weighted by molar-refractivity contribution is -0.143. The van der Waals surface area contributed by atoms with Crippen LogP contribution in [-0.4, -0.2) is 10.7 Å². The zero-order valence-corrected chi connectivity index (χ0v) is 10.2. The summed E-state index contributed by atoms with van der Waals surface area (Å²) in [5.74, 6) is 1.90. The summed E-state index contributed by atoms with van der Waals surface area (Å²) >= 11 is 0. The van der Waals surface area contributed by atoms with Crippen molar-refractivity contribution in [3.63, 3.8) is 0 Å². The van der Waals surface area contributed by atoms with E-state index in [1.165, 1.54) is 0 Å². The van der Waals surface area contributed by atoms with Crippen LogP contribution in [0.2, 0.25) is 0 Å². The van der Waals surface area contributed by atoms with Crippen molar-refractivity contribution in [1.82, 2.24) is 0 Å². The second kappa shape index (κ2) is 5.02. The van der Waals surface area contributed by atoms with Gasteiger partial charge in [0.05, 0.1) is 11.1 Å². The monoisotopic (exact) mass is 296 g/mol. The topological polar surface area (TPSA) is 20.2 Å². The maximum absolute atomic E-state index is 12.6. The van der Waals surface area contributed by atoms with E-state index in [0.717, 1.165) is 6.92 Å². The maximum atomic E-state index is 12.6. The summed E-state index contributed by atoms with van der Waals surface area (Å²) in [4.78, 5) is 0. The quantitative estimate of drug-likeness (QED) is 0.652. The Kier molecular flexibility index (Phi) is 4.11. The first-order chi connectivity index (χ1) is 8.85. The minimum absolute atomic E-state index is 0.0219. The molecule has 1 aromatic carbocycles. The van der Waals surface area contributed by atoms with Gasteiger partial charge in [0.25, 0.3) is 0 Å². The average molecular weight is 296 g/mol. The molecule has 0 saturated carbocycles. The number of alkyl halides is 6. The van der Waals surface area contributed by atoms with Crippen LogP contribution in [0.1, 0.15) is 23.6 Å². The van der Waals surface area contributed by atoms with E-state index in [-0.39, 0.29) is 11.6 Å². The van der Waals surface area contributed by atoms with Gasteiger partial charge in [-0.05, 0) is 30.7 Å². The third-order valence-electron chi connectivity index (χ3n) is 2.51. The number of hydrogen-bond acceptors (Lipinski definition) is 1. The molecule has 0 spiro atoms. The summed E-state index contributed by atoms with van der Waals surface area (Å²) in [6.45, 7) is 1.13. The second-order valence-electron chi connectivity index (χ2n) is 4.51. The first-order valence-corrected chi connectivity index (χ1v) is 5.34. The fourth-order valence-corrected chi connectivity index (χ4v) is 1.57. The molecule has 0 aliphatic carbocycles. The first kappa shape index (κ1) is 16.4. The van der Waals surface area contributed by atoms with Crippen LogP contribution >= 0.6 is 0 Å². The molecule has 110 valence electrons. The molecule has 0 fully saturated rings. The van der Waals surface area contributed by atoms with Gasteiger partial charge in [-0.15, -0.1) is 6.42 Å². The predicted octanol–water partition coefficient (Wildman–Crippen LogP) is 3.65. The zero-order valence-electron chi connectivity index (χ0n) is 10.2. The van der Waals surface area contributed by atoms with Crippen molar-refractivity contribution in [2.24, 2.45) is 0 Å². The molecule has 1 nitrogen and oxygen atoms in total. The SMILES string of the molecule is C#CC(C)(O)Cc1cc(C(F)(F)F)cc(C(F)(F)F)c1.